The molecule has 62 valence electrons. The van der Waals surface area contributed by atoms with Crippen molar-refractivity contribution in [2.24, 2.45) is 5.73 Å². The average Bonchev–Trinajstić information content (AvgIpc) is 1.89. The summed E-state index contributed by atoms with van der Waals surface area (Å²) < 4.78 is 10.2. The van der Waals surface area contributed by atoms with Crippen LogP contribution in [0.2, 0.25) is 0 Å². The van der Waals surface area contributed by atoms with E-state index in [0.29, 0.717) is 6.61 Å². The van der Waals surface area contributed by atoms with Gasteiger partial charge in [0.25, 0.3) is 0 Å². The standard InChI is InChI=1S/C6H13NO2.ClH/c1-8-6-4-9-3-2-5(6)7;/h5-6H,2-4,7H2,1H3;1H/t5-,6+;/m0./s1. The summed E-state index contributed by atoms with van der Waals surface area (Å²) in [7, 11) is 1.67. The highest BCUT2D eigenvalue weighted by molar-refractivity contribution is 5.85. The summed E-state index contributed by atoms with van der Waals surface area (Å²) in [6, 6.07) is 0.170. The van der Waals surface area contributed by atoms with Crippen LogP contribution in [-0.2, 0) is 9.47 Å². The Kier molecular flexibility index (Phi) is 4.99. The second-order valence-electron chi connectivity index (χ2n) is 2.30. The zero-order valence-electron chi connectivity index (χ0n) is 6.08. The van der Waals surface area contributed by atoms with Crippen LogP contribution in [-0.4, -0.2) is 32.5 Å². The maximum absolute atomic E-state index is 5.68. The van der Waals surface area contributed by atoms with Crippen LogP contribution in [0.3, 0.4) is 0 Å². The Hall–Kier alpha value is 0.170. The Balaban J connectivity index is 0.000000810. The maximum Gasteiger partial charge on any atom is 0.0955 e. The molecule has 2 N–H and O–H groups in total. The Bertz CT molecular complexity index is 91.8. The Labute approximate surface area is 67.3 Å². The first-order chi connectivity index (χ1) is 4.34. The molecule has 1 heterocycles. The Morgan fingerprint density at radius 1 is 1.60 bits per heavy atom. The molecule has 0 aromatic carbocycles. The van der Waals surface area contributed by atoms with Gasteiger partial charge in [-0.05, 0) is 6.42 Å². The molecule has 0 aromatic rings. The molecule has 2 atom stereocenters. The Morgan fingerprint density at radius 3 is 2.70 bits per heavy atom. The average molecular weight is 168 g/mol. The molecule has 4 heteroatoms. The minimum absolute atomic E-state index is 0. The van der Waals surface area contributed by atoms with Crippen molar-refractivity contribution in [2.75, 3.05) is 20.3 Å². The van der Waals surface area contributed by atoms with Gasteiger partial charge in [-0.15, -0.1) is 12.4 Å². The van der Waals surface area contributed by atoms with Crippen molar-refractivity contribution < 1.29 is 9.47 Å². The zero-order chi connectivity index (χ0) is 6.69. The van der Waals surface area contributed by atoms with E-state index in [4.69, 9.17) is 15.2 Å². The lowest BCUT2D eigenvalue weighted by Crippen LogP contribution is -2.43. The molecular formula is C6H14ClNO2. The SMILES string of the molecule is CO[C@@H]1COCC[C@@H]1N.Cl. The lowest BCUT2D eigenvalue weighted by molar-refractivity contribution is -0.0411. The first-order valence-electron chi connectivity index (χ1n) is 3.20. The van der Waals surface area contributed by atoms with Crippen LogP contribution in [0.25, 0.3) is 0 Å². The van der Waals surface area contributed by atoms with Gasteiger partial charge in [0.2, 0.25) is 0 Å². The fourth-order valence-electron chi connectivity index (χ4n) is 0.971. The fraction of sp³-hybridized carbons (Fsp3) is 1.00. The molecule has 0 bridgehead atoms. The van der Waals surface area contributed by atoms with E-state index in [2.05, 4.69) is 0 Å². The van der Waals surface area contributed by atoms with Gasteiger partial charge in [0.1, 0.15) is 0 Å². The summed E-state index contributed by atoms with van der Waals surface area (Å²) >= 11 is 0. The lowest BCUT2D eigenvalue weighted by Gasteiger charge is -2.26. The first kappa shape index (κ1) is 10.2. The summed E-state index contributed by atoms with van der Waals surface area (Å²) in [4.78, 5) is 0. The van der Waals surface area contributed by atoms with Crippen LogP contribution in [0.15, 0.2) is 0 Å². The van der Waals surface area contributed by atoms with Crippen molar-refractivity contribution in [3.63, 3.8) is 0 Å². The Morgan fingerprint density at radius 2 is 2.30 bits per heavy atom. The van der Waals surface area contributed by atoms with Crippen molar-refractivity contribution in [3.05, 3.63) is 0 Å². The van der Waals surface area contributed by atoms with E-state index in [9.17, 15) is 0 Å². The van der Waals surface area contributed by atoms with E-state index in [-0.39, 0.29) is 24.6 Å². The third kappa shape index (κ3) is 2.42. The molecule has 1 aliphatic rings. The highest BCUT2D eigenvalue weighted by Gasteiger charge is 2.21. The third-order valence-electron chi connectivity index (χ3n) is 1.66. The molecule has 1 aliphatic heterocycles. The molecular weight excluding hydrogens is 154 g/mol. The molecule has 0 aromatic heterocycles. The van der Waals surface area contributed by atoms with E-state index in [1.165, 1.54) is 0 Å². The minimum atomic E-state index is 0. The van der Waals surface area contributed by atoms with E-state index in [0.717, 1.165) is 13.0 Å². The molecule has 1 fully saturated rings. The van der Waals surface area contributed by atoms with Gasteiger partial charge >= 0.3 is 0 Å². The van der Waals surface area contributed by atoms with Gasteiger partial charge in [0.05, 0.1) is 12.7 Å². The highest BCUT2D eigenvalue weighted by atomic mass is 35.5. The number of ether oxygens (including phenoxy) is 2. The second-order valence-corrected chi connectivity index (χ2v) is 2.30. The molecule has 0 spiro atoms. The van der Waals surface area contributed by atoms with Crippen molar-refractivity contribution in [1.29, 1.82) is 0 Å². The predicted molar refractivity (Wildman–Crippen MR) is 41.5 cm³/mol. The fourth-order valence-corrected chi connectivity index (χ4v) is 0.971. The molecule has 0 radical (unpaired) electrons. The van der Waals surface area contributed by atoms with Gasteiger partial charge in [-0.3, -0.25) is 0 Å². The van der Waals surface area contributed by atoms with Crippen LogP contribution < -0.4 is 5.73 Å². The van der Waals surface area contributed by atoms with E-state index >= 15 is 0 Å². The quantitative estimate of drug-likeness (QED) is 0.606. The molecule has 0 unspecified atom stereocenters. The van der Waals surface area contributed by atoms with E-state index < -0.39 is 0 Å². The van der Waals surface area contributed by atoms with Gasteiger partial charge in [-0.2, -0.15) is 0 Å². The van der Waals surface area contributed by atoms with Gasteiger partial charge in [-0.1, -0.05) is 0 Å². The normalized spacial score (nSPS) is 33.0. The van der Waals surface area contributed by atoms with Crippen molar-refractivity contribution in [3.8, 4) is 0 Å². The summed E-state index contributed by atoms with van der Waals surface area (Å²) in [6.07, 6.45) is 1.03. The molecule has 3 nitrogen and oxygen atoms in total. The summed E-state index contributed by atoms with van der Waals surface area (Å²) in [5.41, 5.74) is 5.68. The van der Waals surface area contributed by atoms with Crippen LogP contribution in [0.4, 0.5) is 0 Å². The summed E-state index contributed by atoms with van der Waals surface area (Å²) in [5, 5.41) is 0. The van der Waals surface area contributed by atoms with Crippen LogP contribution >= 0.6 is 12.4 Å². The highest BCUT2D eigenvalue weighted by Crippen LogP contribution is 2.07. The molecule has 1 rings (SSSR count). The largest absolute Gasteiger partial charge is 0.379 e. The van der Waals surface area contributed by atoms with Gasteiger partial charge < -0.3 is 15.2 Å². The predicted octanol–water partition coefficient (Wildman–Crippen LogP) is 0.171. The van der Waals surface area contributed by atoms with Crippen molar-refractivity contribution in [2.45, 2.75) is 18.6 Å². The lowest BCUT2D eigenvalue weighted by atomic mass is 10.1. The number of rotatable bonds is 1. The number of nitrogens with two attached hydrogens (primary N) is 1. The maximum atomic E-state index is 5.68. The molecule has 0 aliphatic carbocycles. The molecule has 10 heavy (non-hydrogen) atoms. The van der Waals surface area contributed by atoms with Gasteiger partial charge in [0.15, 0.2) is 0 Å². The summed E-state index contributed by atoms with van der Waals surface area (Å²) in [6.45, 7) is 1.43. The minimum Gasteiger partial charge on any atom is -0.379 e. The van der Waals surface area contributed by atoms with E-state index in [1.807, 2.05) is 0 Å². The zero-order valence-corrected chi connectivity index (χ0v) is 6.89. The number of methoxy groups -OCH3 is 1. The first-order valence-corrected chi connectivity index (χ1v) is 3.20. The summed E-state index contributed by atoms with van der Waals surface area (Å²) in [5.74, 6) is 0. The number of hydrogen-bond acceptors (Lipinski definition) is 3. The smallest absolute Gasteiger partial charge is 0.0955 e. The monoisotopic (exact) mass is 167 g/mol. The molecule has 1 saturated heterocycles. The molecule has 0 saturated carbocycles. The van der Waals surface area contributed by atoms with Crippen LogP contribution in [0.1, 0.15) is 6.42 Å². The number of hydrogen-bond donors (Lipinski definition) is 1. The van der Waals surface area contributed by atoms with Crippen molar-refractivity contribution in [1.82, 2.24) is 0 Å². The van der Waals surface area contributed by atoms with Crippen molar-refractivity contribution >= 4 is 12.4 Å². The third-order valence-corrected chi connectivity index (χ3v) is 1.66. The number of halogens is 1. The van der Waals surface area contributed by atoms with Gasteiger partial charge in [-0.25, -0.2) is 0 Å². The van der Waals surface area contributed by atoms with E-state index in [1.54, 1.807) is 7.11 Å². The topological polar surface area (TPSA) is 44.5 Å². The van der Waals surface area contributed by atoms with Gasteiger partial charge in [0, 0.05) is 19.8 Å². The van der Waals surface area contributed by atoms with Crippen LogP contribution in [0, 0.1) is 0 Å². The second kappa shape index (κ2) is 4.91. The van der Waals surface area contributed by atoms with Crippen LogP contribution in [0.5, 0.6) is 0 Å². The molecule has 0 amide bonds.